The molecule has 0 radical (unpaired) electrons. The number of rotatable bonds is 8. The summed E-state index contributed by atoms with van der Waals surface area (Å²) in [6, 6.07) is 3.54. The van der Waals surface area contributed by atoms with E-state index < -0.39 is 5.97 Å². The van der Waals surface area contributed by atoms with Gasteiger partial charge in [-0.1, -0.05) is 5.16 Å². The van der Waals surface area contributed by atoms with Crippen molar-refractivity contribution in [2.24, 2.45) is 0 Å². The fourth-order valence-corrected chi connectivity index (χ4v) is 1.75. The molecule has 0 bridgehead atoms. The molecule has 0 unspecified atom stereocenters. The van der Waals surface area contributed by atoms with Crippen molar-refractivity contribution < 1.29 is 19.2 Å². The predicted molar refractivity (Wildman–Crippen MR) is 75.7 cm³/mol. The number of amides is 1. The van der Waals surface area contributed by atoms with Gasteiger partial charge in [-0.05, 0) is 18.6 Å². The van der Waals surface area contributed by atoms with Crippen molar-refractivity contribution >= 4 is 11.9 Å². The Kier molecular flexibility index (Phi) is 5.58. The van der Waals surface area contributed by atoms with Crippen LogP contribution in [0.3, 0.4) is 0 Å². The number of aryl methyl sites for hydroxylation is 1. The molecule has 22 heavy (non-hydrogen) atoms. The highest BCUT2D eigenvalue weighted by atomic mass is 16.5. The van der Waals surface area contributed by atoms with E-state index in [0.29, 0.717) is 31.1 Å². The zero-order valence-electron chi connectivity index (χ0n) is 11.9. The molecule has 1 amide bonds. The number of hydrogen-bond donors (Lipinski definition) is 2. The summed E-state index contributed by atoms with van der Waals surface area (Å²) in [6.45, 7) is 0.344. The quantitative estimate of drug-likeness (QED) is 0.699. The Morgan fingerprint density at radius 2 is 2.00 bits per heavy atom. The topological polar surface area (TPSA) is 118 Å². The van der Waals surface area contributed by atoms with Gasteiger partial charge in [0, 0.05) is 43.8 Å². The molecule has 2 aromatic heterocycles. The lowest BCUT2D eigenvalue weighted by Crippen LogP contribution is -2.25. The van der Waals surface area contributed by atoms with E-state index in [2.05, 4.69) is 20.4 Å². The lowest BCUT2D eigenvalue weighted by Gasteiger charge is -2.02. The third-order valence-corrected chi connectivity index (χ3v) is 2.86. The van der Waals surface area contributed by atoms with Gasteiger partial charge in [0.25, 0.3) is 0 Å². The minimum absolute atomic E-state index is 0.0409. The van der Waals surface area contributed by atoms with Crippen molar-refractivity contribution in [2.45, 2.75) is 25.7 Å². The monoisotopic (exact) mass is 304 g/mol. The van der Waals surface area contributed by atoms with Gasteiger partial charge in [0.1, 0.15) is 0 Å². The number of nitrogens with zero attached hydrogens (tertiary/aromatic N) is 3. The molecule has 8 heteroatoms. The molecule has 0 saturated heterocycles. The standard InChI is InChI=1S/C14H16N4O4/c19-11(16-7-1-2-13(20)21)3-4-12-17-14(18-22-12)10-5-8-15-9-6-10/h5-6,8-9H,1-4,7H2,(H,16,19)(H,20,21). The van der Waals surface area contributed by atoms with Crippen LogP contribution in [0.4, 0.5) is 0 Å². The van der Waals surface area contributed by atoms with Gasteiger partial charge >= 0.3 is 5.97 Å². The largest absolute Gasteiger partial charge is 0.481 e. The van der Waals surface area contributed by atoms with Gasteiger partial charge in [0.2, 0.25) is 17.6 Å². The van der Waals surface area contributed by atoms with Crippen LogP contribution in [0.2, 0.25) is 0 Å². The van der Waals surface area contributed by atoms with Crippen LogP contribution >= 0.6 is 0 Å². The number of carbonyl (C=O) groups is 2. The number of nitrogens with one attached hydrogen (secondary N) is 1. The highest BCUT2D eigenvalue weighted by Crippen LogP contribution is 2.14. The van der Waals surface area contributed by atoms with E-state index in [4.69, 9.17) is 9.63 Å². The van der Waals surface area contributed by atoms with E-state index in [1.807, 2.05) is 0 Å². The molecule has 8 nitrogen and oxygen atoms in total. The van der Waals surface area contributed by atoms with Crippen LogP contribution in [0.5, 0.6) is 0 Å². The summed E-state index contributed by atoms with van der Waals surface area (Å²) >= 11 is 0. The number of carbonyl (C=O) groups excluding carboxylic acids is 1. The maximum absolute atomic E-state index is 11.6. The Bertz CT molecular complexity index is 627. The molecule has 2 rings (SSSR count). The van der Waals surface area contributed by atoms with Gasteiger partial charge < -0.3 is 14.9 Å². The van der Waals surface area contributed by atoms with Gasteiger partial charge in [0.05, 0.1) is 0 Å². The maximum Gasteiger partial charge on any atom is 0.303 e. The fourth-order valence-electron chi connectivity index (χ4n) is 1.75. The average Bonchev–Trinajstić information content (AvgIpc) is 2.99. The molecule has 0 aliphatic heterocycles. The Hall–Kier alpha value is -2.77. The summed E-state index contributed by atoms with van der Waals surface area (Å²) in [7, 11) is 0. The molecule has 0 spiro atoms. The second-order valence-corrected chi connectivity index (χ2v) is 4.59. The van der Waals surface area contributed by atoms with E-state index in [1.165, 1.54) is 0 Å². The predicted octanol–water partition coefficient (Wildman–Crippen LogP) is 1.05. The second kappa shape index (κ2) is 7.87. The number of carboxylic acids is 1. The lowest BCUT2D eigenvalue weighted by molar-refractivity contribution is -0.137. The molecule has 0 fully saturated rings. The molecule has 0 aliphatic carbocycles. The van der Waals surface area contributed by atoms with E-state index in [9.17, 15) is 9.59 Å². The van der Waals surface area contributed by atoms with E-state index in [1.54, 1.807) is 24.5 Å². The minimum Gasteiger partial charge on any atom is -0.481 e. The molecule has 116 valence electrons. The van der Waals surface area contributed by atoms with E-state index in [0.717, 1.165) is 5.56 Å². The number of aromatic nitrogens is 3. The second-order valence-electron chi connectivity index (χ2n) is 4.59. The van der Waals surface area contributed by atoms with E-state index in [-0.39, 0.29) is 18.7 Å². The fraction of sp³-hybridized carbons (Fsp3) is 0.357. The van der Waals surface area contributed by atoms with Gasteiger partial charge in [-0.2, -0.15) is 4.98 Å². The molecular formula is C14H16N4O4. The average molecular weight is 304 g/mol. The Balaban J connectivity index is 1.74. The van der Waals surface area contributed by atoms with Crippen molar-refractivity contribution in [3.05, 3.63) is 30.4 Å². The van der Waals surface area contributed by atoms with Crippen LogP contribution in [0.1, 0.15) is 25.2 Å². The lowest BCUT2D eigenvalue weighted by atomic mass is 10.2. The number of pyridine rings is 1. The van der Waals surface area contributed by atoms with Crippen LogP contribution < -0.4 is 5.32 Å². The zero-order chi connectivity index (χ0) is 15.8. The number of aliphatic carboxylic acids is 1. The molecule has 2 aromatic rings. The van der Waals surface area contributed by atoms with Crippen molar-refractivity contribution in [1.29, 1.82) is 0 Å². The summed E-state index contributed by atoms with van der Waals surface area (Å²) in [4.78, 5) is 30.0. The summed E-state index contributed by atoms with van der Waals surface area (Å²) in [5.74, 6) is -0.204. The maximum atomic E-state index is 11.6. The first-order valence-corrected chi connectivity index (χ1v) is 6.86. The summed E-state index contributed by atoms with van der Waals surface area (Å²) in [5.41, 5.74) is 0.795. The van der Waals surface area contributed by atoms with Gasteiger partial charge in [0.15, 0.2) is 0 Å². The molecule has 0 atom stereocenters. The first-order chi connectivity index (χ1) is 10.6. The van der Waals surface area contributed by atoms with Crippen molar-refractivity contribution in [3.8, 4) is 11.4 Å². The SMILES string of the molecule is O=C(O)CCCNC(=O)CCc1nc(-c2ccncc2)no1. The van der Waals surface area contributed by atoms with E-state index >= 15 is 0 Å². The summed E-state index contributed by atoms with van der Waals surface area (Å²) < 4.78 is 5.09. The third-order valence-electron chi connectivity index (χ3n) is 2.86. The minimum atomic E-state index is -0.872. The Morgan fingerprint density at radius 3 is 2.73 bits per heavy atom. The van der Waals surface area contributed by atoms with Gasteiger partial charge in [-0.25, -0.2) is 0 Å². The number of carboxylic acid groups (broad SMARTS) is 1. The van der Waals surface area contributed by atoms with Crippen molar-refractivity contribution in [1.82, 2.24) is 20.4 Å². The number of hydrogen-bond acceptors (Lipinski definition) is 6. The summed E-state index contributed by atoms with van der Waals surface area (Å²) in [6.07, 6.45) is 4.27. The molecule has 0 aliphatic rings. The summed E-state index contributed by atoms with van der Waals surface area (Å²) in [5, 5.41) is 15.0. The van der Waals surface area contributed by atoms with Crippen LogP contribution in [0.25, 0.3) is 11.4 Å². The van der Waals surface area contributed by atoms with Crippen LogP contribution in [-0.4, -0.2) is 38.7 Å². The van der Waals surface area contributed by atoms with Crippen LogP contribution in [0, 0.1) is 0 Å². The molecule has 2 N–H and O–H groups in total. The van der Waals surface area contributed by atoms with Crippen LogP contribution in [0.15, 0.2) is 29.0 Å². The molecular weight excluding hydrogens is 288 g/mol. The Morgan fingerprint density at radius 1 is 1.23 bits per heavy atom. The molecule has 0 saturated carbocycles. The van der Waals surface area contributed by atoms with Gasteiger partial charge in [-0.15, -0.1) is 0 Å². The Labute approximate surface area is 126 Å². The first kappa shape index (κ1) is 15.6. The van der Waals surface area contributed by atoms with Crippen molar-refractivity contribution in [3.63, 3.8) is 0 Å². The molecule has 2 heterocycles. The smallest absolute Gasteiger partial charge is 0.303 e. The normalized spacial score (nSPS) is 10.4. The first-order valence-electron chi connectivity index (χ1n) is 6.86. The van der Waals surface area contributed by atoms with Crippen molar-refractivity contribution in [2.75, 3.05) is 6.54 Å². The highest BCUT2D eigenvalue weighted by Gasteiger charge is 2.10. The highest BCUT2D eigenvalue weighted by molar-refractivity contribution is 5.76. The van der Waals surface area contributed by atoms with Gasteiger partial charge in [-0.3, -0.25) is 14.6 Å². The zero-order valence-corrected chi connectivity index (χ0v) is 11.9. The molecule has 0 aromatic carbocycles. The van der Waals surface area contributed by atoms with Crippen LogP contribution in [-0.2, 0) is 16.0 Å². The third kappa shape index (κ3) is 4.97.